The normalized spacial score (nSPS) is 12.1. The van der Waals surface area contributed by atoms with E-state index in [0.29, 0.717) is 0 Å². The molecule has 0 aromatic carbocycles. The fourth-order valence-electron chi connectivity index (χ4n) is 1.30. The number of H-pyrrole nitrogens is 1. The van der Waals surface area contributed by atoms with E-state index in [9.17, 15) is 0 Å². The van der Waals surface area contributed by atoms with Gasteiger partial charge in [0.05, 0.1) is 0 Å². The third-order valence-corrected chi connectivity index (χ3v) is 1.89. The first kappa shape index (κ1) is 8.12. The molecule has 0 bridgehead atoms. The second-order valence-corrected chi connectivity index (χ2v) is 2.81. The monoisotopic (exact) mass is 149 g/mol. The maximum Gasteiger partial charge on any atom is 0.0191 e. The Bertz CT molecular complexity index is 256. The Morgan fingerprint density at radius 1 is 1.64 bits per heavy atom. The van der Waals surface area contributed by atoms with Crippen molar-refractivity contribution in [1.82, 2.24) is 4.98 Å². The predicted octanol–water partition coefficient (Wildman–Crippen LogP) is 3.14. The molecule has 0 radical (unpaired) electrons. The molecule has 60 valence electrons. The van der Waals surface area contributed by atoms with Crippen LogP contribution in [0.25, 0.3) is 5.57 Å². The molecule has 0 spiro atoms. The highest BCUT2D eigenvalue weighted by Crippen LogP contribution is 2.16. The molecule has 0 atom stereocenters. The van der Waals surface area contributed by atoms with E-state index in [1.165, 1.54) is 16.8 Å². The van der Waals surface area contributed by atoms with E-state index in [1.807, 2.05) is 6.20 Å². The summed E-state index contributed by atoms with van der Waals surface area (Å²) in [7, 11) is 0. The van der Waals surface area contributed by atoms with Gasteiger partial charge in [-0.3, -0.25) is 0 Å². The summed E-state index contributed by atoms with van der Waals surface area (Å²) in [5, 5.41) is 0. The van der Waals surface area contributed by atoms with Gasteiger partial charge in [-0.15, -0.1) is 0 Å². The van der Waals surface area contributed by atoms with E-state index in [-0.39, 0.29) is 0 Å². The van der Waals surface area contributed by atoms with Gasteiger partial charge < -0.3 is 4.98 Å². The van der Waals surface area contributed by atoms with E-state index in [2.05, 4.69) is 37.9 Å². The molecule has 11 heavy (non-hydrogen) atoms. The highest BCUT2D eigenvalue weighted by molar-refractivity contribution is 5.65. The van der Waals surface area contributed by atoms with Crippen LogP contribution in [0.1, 0.15) is 31.5 Å². The molecule has 1 heteroatoms. The molecule has 1 nitrogen and oxygen atoms in total. The lowest BCUT2D eigenvalue weighted by molar-refractivity contribution is 1.21. The van der Waals surface area contributed by atoms with Crippen LogP contribution in [0.2, 0.25) is 0 Å². The van der Waals surface area contributed by atoms with E-state index in [0.717, 1.165) is 6.42 Å². The van der Waals surface area contributed by atoms with Crippen LogP contribution >= 0.6 is 0 Å². The van der Waals surface area contributed by atoms with Gasteiger partial charge in [0, 0.05) is 11.9 Å². The summed E-state index contributed by atoms with van der Waals surface area (Å²) in [5.74, 6) is 0. The van der Waals surface area contributed by atoms with Gasteiger partial charge in [-0.2, -0.15) is 0 Å². The van der Waals surface area contributed by atoms with Gasteiger partial charge in [0.1, 0.15) is 0 Å². The molecular weight excluding hydrogens is 134 g/mol. The minimum atomic E-state index is 1.11. The van der Waals surface area contributed by atoms with Crippen molar-refractivity contribution in [2.24, 2.45) is 0 Å². The summed E-state index contributed by atoms with van der Waals surface area (Å²) in [6.45, 7) is 6.41. The van der Waals surface area contributed by atoms with E-state index >= 15 is 0 Å². The Hall–Kier alpha value is -0.980. The average Bonchev–Trinajstić information content (AvgIpc) is 2.36. The largest absolute Gasteiger partial charge is 0.365 e. The van der Waals surface area contributed by atoms with Gasteiger partial charge in [-0.05, 0) is 37.5 Å². The van der Waals surface area contributed by atoms with Crippen molar-refractivity contribution in [2.75, 3.05) is 0 Å². The summed E-state index contributed by atoms with van der Waals surface area (Å²) >= 11 is 0. The Kier molecular flexibility index (Phi) is 2.53. The van der Waals surface area contributed by atoms with Crippen LogP contribution in [0.3, 0.4) is 0 Å². The molecular formula is C10H15N. The van der Waals surface area contributed by atoms with Crippen molar-refractivity contribution in [3.05, 3.63) is 29.6 Å². The first-order valence-corrected chi connectivity index (χ1v) is 4.06. The highest BCUT2D eigenvalue weighted by Gasteiger charge is 1.98. The van der Waals surface area contributed by atoms with Crippen molar-refractivity contribution in [3.8, 4) is 0 Å². The second-order valence-electron chi connectivity index (χ2n) is 2.81. The number of hydrogen-bond donors (Lipinski definition) is 1. The Morgan fingerprint density at radius 3 is 2.82 bits per heavy atom. The van der Waals surface area contributed by atoms with Crippen LogP contribution < -0.4 is 0 Å². The molecule has 0 amide bonds. The van der Waals surface area contributed by atoms with Crippen LogP contribution in [0.4, 0.5) is 0 Å². The maximum atomic E-state index is 3.17. The SMILES string of the molecule is CC/C=C(/C)c1cc[nH]c1C. The fraction of sp³-hybridized carbons (Fsp3) is 0.400. The number of aromatic amines is 1. The summed E-state index contributed by atoms with van der Waals surface area (Å²) < 4.78 is 0. The number of aryl methyl sites for hydroxylation is 1. The number of nitrogens with one attached hydrogen (secondary N) is 1. The number of aromatic nitrogens is 1. The molecule has 0 aliphatic rings. The zero-order chi connectivity index (χ0) is 8.27. The lowest BCUT2D eigenvalue weighted by Crippen LogP contribution is -1.79. The number of allylic oxidation sites excluding steroid dienone is 2. The molecule has 0 fully saturated rings. The first-order chi connectivity index (χ1) is 5.25. The molecule has 1 rings (SSSR count). The topological polar surface area (TPSA) is 15.8 Å². The van der Waals surface area contributed by atoms with Crippen molar-refractivity contribution in [3.63, 3.8) is 0 Å². The van der Waals surface area contributed by atoms with E-state index in [4.69, 9.17) is 0 Å². The molecule has 0 unspecified atom stereocenters. The van der Waals surface area contributed by atoms with Crippen LogP contribution in [0.15, 0.2) is 18.3 Å². The van der Waals surface area contributed by atoms with Gasteiger partial charge in [0.25, 0.3) is 0 Å². The third-order valence-electron chi connectivity index (χ3n) is 1.89. The highest BCUT2D eigenvalue weighted by atomic mass is 14.7. The van der Waals surface area contributed by atoms with Crippen LogP contribution in [0, 0.1) is 6.92 Å². The zero-order valence-electron chi connectivity index (χ0n) is 7.44. The van der Waals surface area contributed by atoms with Crippen LogP contribution in [-0.2, 0) is 0 Å². The molecule has 1 aromatic heterocycles. The molecule has 0 saturated heterocycles. The molecule has 0 aliphatic heterocycles. The smallest absolute Gasteiger partial charge is 0.0191 e. The van der Waals surface area contributed by atoms with Crippen molar-refractivity contribution in [2.45, 2.75) is 27.2 Å². The fourth-order valence-corrected chi connectivity index (χ4v) is 1.30. The summed E-state index contributed by atoms with van der Waals surface area (Å²) in [6, 6.07) is 2.12. The Morgan fingerprint density at radius 2 is 2.36 bits per heavy atom. The van der Waals surface area contributed by atoms with Crippen LogP contribution in [-0.4, -0.2) is 4.98 Å². The molecule has 0 aliphatic carbocycles. The zero-order valence-corrected chi connectivity index (χ0v) is 7.44. The Balaban J connectivity index is 2.92. The summed E-state index contributed by atoms with van der Waals surface area (Å²) in [6.07, 6.45) is 5.34. The van der Waals surface area contributed by atoms with E-state index < -0.39 is 0 Å². The minimum absolute atomic E-state index is 1.11. The third kappa shape index (κ3) is 1.73. The quantitative estimate of drug-likeness (QED) is 0.665. The summed E-state index contributed by atoms with van der Waals surface area (Å²) in [5.41, 5.74) is 3.96. The molecule has 1 heterocycles. The number of rotatable bonds is 2. The van der Waals surface area contributed by atoms with Gasteiger partial charge in [0.2, 0.25) is 0 Å². The predicted molar refractivity (Wildman–Crippen MR) is 49.5 cm³/mol. The molecule has 1 N–H and O–H groups in total. The van der Waals surface area contributed by atoms with Crippen LogP contribution in [0.5, 0.6) is 0 Å². The summed E-state index contributed by atoms with van der Waals surface area (Å²) in [4.78, 5) is 3.17. The lowest BCUT2D eigenvalue weighted by atomic mass is 10.1. The molecule has 1 aromatic rings. The number of hydrogen-bond acceptors (Lipinski definition) is 0. The first-order valence-electron chi connectivity index (χ1n) is 4.06. The minimum Gasteiger partial charge on any atom is -0.365 e. The maximum absolute atomic E-state index is 3.17. The standard InChI is InChI=1S/C10H15N/c1-4-5-8(2)10-6-7-11-9(10)3/h5-7,11H,4H2,1-3H3/b8-5-. The van der Waals surface area contributed by atoms with Crippen molar-refractivity contribution >= 4 is 5.57 Å². The van der Waals surface area contributed by atoms with Gasteiger partial charge in [-0.1, -0.05) is 13.0 Å². The molecule has 0 saturated carbocycles. The van der Waals surface area contributed by atoms with E-state index in [1.54, 1.807) is 0 Å². The lowest BCUT2D eigenvalue weighted by Gasteiger charge is -1.98. The van der Waals surface area contributed by atoms with Gasteiger partial charge >= 0.3 is 0 Å². The van der Waals surface area contributed by atoms with Gasteiger partial charge in [0.15, 0.2) is 0 Å². The average molecular weight is 149 g/mol. The van der Waals surface area contributed by atoms with Crippen molar-refractivity contribution in [1.29, 1.82) is 0 Å². The van der Waals surface area contributed by atoms with Crippen molar-refractivity contribution < 1.29 is 0 Å². The second kappa shape index (κ2) is 3.42. The Labute approximate surface area is 68.1 Å². The van der Waals surface area contributed by atoms with Gasteiger partial charge in [-0.25, -0.2) is 0 Å².